The predicted octanol–water partition coefficient (Wildman–Crippen LogP) is 5.57. The fourth-order valence-corrected chi connectivity index (χ4v) is 5.08. The first-order chi connectivity index (χ1) is 18.4. The molecule has 4 rings (SSSR count). The van der Waals surface area contributed by atoms with Crippen molar-refractivity contribution in [3.63, 3.8) is 0 Å². The Bertz CT molecular complexity index is 1580. The van der Waals surface area contributed by atoms with E-state index >= 15 is 0 Å². The molecule has 2 N–H and O–H groups in total. The molecule has 2 aromatic heterocycles. The normalized spacial score (nSPS) is 12.4. The Morgan fingerprint density at radius 2 is 1.85 bits per heavy atom. The first-order valence-electron chi connectivity index (χ1n) is 11.4. The molecule has 2 heterocycles. The van der Waals surface area contributed by atoms with Gasteiger partial charge in [0.05, 0.1) is 16.9 Å². The summed E-state index contributed by atoms with van der Waals surface area (Å²) in [4.78, 5) is 42.4. The van der Waals surface area contributed by atoms with Gasteiger partial charge in [-0.2, -0.15) is 17.5 Å². The molecule has 0 unspecified atom stereocenters. The number of amides is 2. The molecule has 0 bridgehead atoms. The van der Waals surface area contributed by atoms with Crippen LogP contribution in [0.2, 0.25) is 5.02 Å². The second-order valence-corrected chi connectivity index (χ2v) is 9.84. The summed E-state index contributed by atoms with van der Waals surface area (Å²) in [7, 11) is 0. The number of Topliss-reactive ketones (excluding diaryl/α,β-unsaturated/α-hetero) is 1. The number of benzene rings is 2. The molecule has 8 nitrogen and oxygen atoms in total. The van der Waals surface area contributed by atoms with Crippen LogP contribution in [0.3, 0.4) is 0 Å². The minimum absolute atomic E-state index is 0.0576. The number of carbonyl (C=O) groups is 3. The van der Waals surface area contributed by atoms with E-state index in [2.05, 4.69) is 14.7 Å². The standard InChI is InChI=1S/C25H20ClF4N5O3S/c1-12(36)10-35-20(13(2)16-9-14(27)7-8-17(16)26)21(32-22(35)24(38)31-11-25(28,29)30)33-23(37)19-15-5-3-4-6-18(15)39-34-19/h3-9,13H,10-11H2,1-2H3,(H,31,38)(H,33,37)/t13-/m0/s1. The largest absolute Gasteiger partial charge is 0.405 e. The number of imidazole rings is 1. The molecular weight excluding hydrogens is 562 g/mol. The van der Waals surface area contributed by atoms with Crippen molar-refractivity contribution in [1.82, 2.24) is 19.2 Å². The quantitative estimate of drug-likeness (QED) is 0.265. The van der Waals surface area contributed by atoms with Gasteiger partial charge in [-0.25, -0.2) is 9.37 Å². The number of aromatic nitrogens is 3. The van der Waals surface area contributed by atoms with Crippen LogP contribution >= 0.6 is 23.1 Å². The molecule has 0 aliphatic carbocycles. The molecule has 0 saturated carbocycles. The van der Waals surface area contributed by atoms with E-state index in [-0.39, 0.29) is 27.8 Å². The molecule has 0 radical (unpaired) electrons. The van der Waals surface area contributed by atoms with Crippen LogP contribution < -0.4 is 10.6 Å². The number of nitrogens with zero attached hydrogens (tertiary/aromatic N) is 3. The van der Waals surface area contributed by atoms with Crippen LogP contribution in [0.25, 0.3) is 10.1 Å². The highest BCUT2D eigenvalue weighted by Gasteiger charge is 2.32. The Balaban J connectivity index is 1.85. The molecule has 39 heavy (non-hydrogen) atoms. The monoisotopic (exact) mass is 581 g/mol. The highest BCUT2D eigenvalue weighted by molar-refractivity contribution is 7.13. The SMILES string of the molecule is CC(=O)Cn1c(C(=O)NCC(F)(F)F)nc(NC(=O)c2nsc3ccccc23)c1[C@@H](C)c1cc(F)ccc1Cl. The van der Waals surface area contributed by atoms with Gasteiger partial charge in [-0.1, -0.05) is 36.7 Å². The van der Waals surface area contributed by atoms with Gasteiger partial charge in [-0.05, 0) is 48.3 Å². The van der Waals surface area contributed by atoms with Gasteiger partial charge in [-0.15, -0.1) is 0 Å². The summed E-state index contributed by atoms with van der Waals surface area (Å²) < 4.78 is 58.6. The molecule has 4 aromatic rings. The Morgan fingerprint density at radius 1 is 1.13 bits per heavy atom. The van der Waals surface area contributed by atoms with Crippen LogP contribution in [0, 0.1) is 5.82 Å². The number of rotatable bonds is 8. The second-order valence-electron chi connectivity index (χ2n) is 8.62. The fourth-order valence-electron chi connectivity index (χ4n) is 4.02. The molecule has 1 atom stereocenters. The van der Waals surface area contributed by atoms with Crippen molar-refractivity contribution in [2.75, 3.05) is 11.9 Å². The van der Waals surface area contributed by atoms with E-state index in [0.29, 0.717) is 5.39 Å². The summed E-state index contributed by atoms with van der Waals surface area (Å²) in [6.07, 6.45) is -4.71. The minimum Gasteiger partial charge on any atom is -0.340 e. The third-order valence-corrected chi connectivity index (χ3v) is 6.87. The molecule has 0 aliphatic rings. The van der Waals surface area contributed by atoms with Crippen molar-refractivity contribution in [2.45, 2.75) is 32.5 Å². The first kappa shape index (κ1) is 28.2. The number of fused-ring (bicyclic) bond motifs is 1. The van der Waals surface area contributed by atoms with Crippen molar-refractivity contribution in [1.29, 1.82) is 0 Å². The van der Waals surface area contributed by atoms with Crippen LogP contribution in [-0.4, -0.2) is 44.2 Å². The molecule has 2 amide bonds. The van der Waals surface area contributed by atoms with Crippen LogP contribution in [0.1, 0.15) is 52.1 Å². The summed E-state index contributed by atoms with van der Waals surface area (Å²) >= 11 is 7.39. The minimum atomic E-state index is -4.71. The number of alkyl halides is 3. The molecule has 2 aromatic carbocycles. The maximum atomic E-state index is 14.1. The van der Waals surface area contributed by atoms with Gasteiger partial charge in [0.2, 0.25) is 5.82 Å². The molecule has 0 spiro atoms. The Labute approximate surface area is 228 Å². The maximum Gasteiger partial charge on any atom is 0.405 e. The second kappa shape index (κ2) is 11.1. The zero-order chi connectivity index (χ0) is 28.5. The van der Waals surface area contributed by atoms with Crippen molar-refractivity contribution >= 4 is 56.6 Å². The van der Waals surface area contributed by atoms with Crippen LogP contribution in [0.5, 0.6) is 0 Å². The topological polar surface area (TPSA) is 106 Å². The lowest BCUT2D eigenvalue weighted by atomic mass is 9.96. The van der Waals surface area contributed by atoms with Crippen LogP contribution in [0.4, 0.5) is 23.4 Å². The summed E-state index contributed by atoms with van der Waals surface area (Å²) in [5.41, 5.74) is 0.350. The van der Waals surface area contributed by atoms with E-state index in [1.165, 1.54) is 13.0 Å². The number of hydrogen-bond acceptors (Lipinski definition) is 6. The highest BCUT2D eigenvalue weighted by Crippen LogP contribution is 2.36. The smallest absolute Gasteiger partial charge is 0.340 e. The van der Waals surface area contributed by atoms with Gasteiger partial charge < -0.3 is 15.2 Å². The van der Waals surface area contributed by atoms with Gasteiger partial charge in [0.25, 0.3) is 11.8 Å². The number of nitrogens with one attached hydrogen (secondary N) is 2. The number of hydrogen-bond donors (Lipinski definition) is 2. The lowest BCUT2D eigenvalue weighted by molar-refractivity contribution is -0.123. The van der Waals surface area contributed by atoms with Crippen molar-refractivity contribution in [3.05, 3.63) is 76.1 Å². The van der Waals surface area contributed by atoms with Crippen molar-refractivity contribution in [3.8, 4) is 0 Å². The molecule has 0 fully saturated rings. The fraction of sp³-hybridized carbons (Fsp3) is 0.240. The molecule has 0 saturated heterocycles. The van der Waals surface area contributed by atoms with Crippen molar-refractivity contribution < 1.29 is 31.9 Å². The predicted molar refractivity (Wildman–Crippen MR) is 138 cm³/mol. The van der Waals surface area contributed by atoms with Gasteiger partial charge in [0.15, 0.2) is 5.82 Å². The van der Waals surface area contributed by atoms with E-state index in [1.807, 2.05) is 0 Å². The lowest BCUT2D eigenvalue weighted by Crippen LogP contribution is -2.35. The summed E-state index contributed by atoms with van der Waals surface area (Å²) in [5, 5.41) is 5.00. The first-order valence-corrected chi connectivity index (χ1v) is 12.6. The van der Waals surface area contributed by atoms with Crippen LogP contribution in [0.15, 0.2) is 42.5 Å². The Kier molecular flexibility index (Phi) is 8.02. The van der Waals surface area contributed by atoms with Gasteiger partial charge in [0.1, 0.15) is 23.8 Å². The molecule has 14 heteroatoms. The van der Waals surface area contributed by atoms with Gasteiger partial charge in [-0.3, -0.25) is 14.4 Å². The highest BCUT2D eigenvalue weighted by atomic mass is 35.5. The third kappa shape index (κ3) is 6.25. The van der Waals surface area contributed by atoms with Crippen LogP contribution in [-0.2, 0) is 11.3 Å². The van der Waals surface area contributed by atoms with Gasteiger partial charge >= 0.3 is 6.18 Å². The zero-order valence-corrected chi connectivity index (χ0v) is 22.0. The Hall–Kier alpha value is -3.84. The number of carbonyl (C=O) groups excluding carboxylic acids is 3. The number of ketones is 1. The zero-order valence-electron chi connectivity index (χ0n) is 20.4. The molecule has 204 valence electrons. The van der Waals surface area contributed by atoms with E-state index < -0.39 is 54.4 Å². The molecule has 0 aliphatic heterocycles. The van der Waals surface area contributed by atoms with E-state index in [0.717, 1.165) is 32.9 Å². The van der Waals surface area contributed by atoms with E-state index in [4.69, 9.17) is 11.6 Å². The molecular formula is C25H20ClF4N5O3S. The summed E-state index contributed by atoms with van der Waals surface area (Å²) in [6, 6.07) is 10.5. The average molecular weight is 582 g/mol. The summed E-state index contributed by atoms with van der Waals surface area (Å²) in [5.74, 6) is -4.66. The van der Waals surface area contributed by atoms with E-state index in [1.54, 1.807) is 36.5 Å². The number of halogens is 5. The number of anilines is 1. The lowest BCUT2D eigenvalue weighted by Gasteiger charge is -2.19. The average Bonchev–Trinajstić information content (AvgIpc) is 3.44. The van der Waals surface area contributed by atoms with E-state index in [9.17, 15) is 31.9 Å². The summed E-state index contributed by atoms with van der Waals surface area (Å²) in [6.45, 7) is 0.663. The Morgan fingerprint density at radius 3 is 2.54 bits per heavy atom. The third-order valence-electron chi connectivity index (χ3n) is 5.70. The van der Waals surface area contributed by atoms with Gasteiger partial charge in [0, 0.05) is 16.3 Å². The maximum absolute atomic E-state index is 14.1. The van der Waals surface area contributed by atoms with Crippen molar-refractivity contribution in [2.24, 2.45) is 0 Å².